The van der Waals surface area contributed by atoms with Crippen LogP contribution in [0, 0.1) is 0 Å². The van der Waals surface area contributed by atoms with Crippen molar-refractivity contribution in [3.63, 3.8) is 0 Å². The molecular formula is C9H19NO3S. The molecule has 1 fully saturated rings. The van der Waals surface area contributed by atoms with E-state index in [1.807, 2.05) is 0 Å². The highest BCUT2D eigenvalue weighted by Crippen LogP contribution is 2.34. The van der Waals surface area contributed by atoms with Crippen LogP contribution in [0.5, 0.6) is 0 Å². The fourth-order valence-electron chi connectivity index (χ4n) is 1.24. The molecule has 1 saturated carbocycles. The molecule has 1 aliphatic rings. The van der Waals surface area contributed by atoms with Crippen LogP contribution in [-0.4, -0.2) is 43.2 Å². The molecule has 0 amide bonds. The number of sulfone groups is 1. The summed E-state index contributed by atoms with van der Waals surface area (Å²) in [5, 5.41) is 11.8. The molecule has 0 heterocycles. The minimum Gasteiger partial charge on any atom is -0.394 e. The summed E-state index contributed by atoms with van der Waals surface area (Å²) in [4.78, 5) is 0. The number of nitrogens with one attached hydrogen (secondary N) is 1. The molecule has 0 bridgehead atoms. The second-order valence-electron chi connectivity index (χ2n) is 4.28. The van der Waals surface area contributed by atoms with E-state index in [-0.39, 0.29) is 23.1 Å². The van der Waals surface area contributed by atoms with Gasteiger partial charge in [-0.3, -0.25) is 0 Å². The Morgan fingerprint density at radius 2 is 2.00 bits per heavy atom. The lowest BCUT2D eigenvalue weighted by molar-refractivity contribution is 0.233. The zero-order valence-electron chi connectivity index (χ0n) is 8.78. The summed E-state index contributed by atoms with van der Waals surface area (Å²) in [6.07, 6.45) is 1.90. The number of hydrogen-bond donors (Lipinski definition) is 2. The van der Waals surface area contributed by atoms with Gasteiger partial charge in [-0.1, -0.05) is 0 Å². The van der Waals surface area contributed by atoms with E-state index < -0.39 is 9.84 Å². The summed E-state index contributed by atoms with van der Waals surface area (Å²) >= 11 is 0. The third-order valence-electron chi connectivity index (χ3n) is 2.76. The maximum atomic E-state index is 11.4. The summed E-state index contributed by atoms with van der Waals surface area (Å²) in [6, 6.07) is 0. The van der Waals surface area contributed by atoms with Crippen LogP contribution in [0.1, 0.15) is 26.7 Å². The topological polar surface area (TPSA) is 66.4 Å². The molecule has 84 valence electrons. The van der Waals surface area contributed by atoms with E-state index in [2.05, 4.69) is 5.32 Å². The van der Waals surface area contributed by atoms with Gasteiger partial charge in [0.05, 0.1) is 17.6 Å². The number of hydrogen-bond acceptors (Lipinski definition) is 4. The highest BCUT2D eigenvalue weighted by atomic mass is 32.2. The molecule has 0 saturated heterocycles. The first kappa shape index (κ1) is 11.9. The van der Waals surface area contributed by atoms with Gasteiger partial charge in [0.15, 0.2) is 9.84 Å². The molecule has 14 heavy (non-hydrogen) atoms. The second-order valence-corrected chi connectivity index (χ2v) is 6.96. The number of aliphatic hydroxyl groups excluding tert-OH is 1. The highest BCUT2D eigenvalue weighted by molar-refractivity contribution is 7.92. The minimum atomic E-state index is -2.95. The van der Waals surface area contributed by atoms with E-state index in [1.165, 1.54) is 0 Å². The van der Waals surface area contributed by atoms with Crippen LogP contribution in [0.25, 0.3) is 0 Å². The highest BCUT2D eigenvalue weighted by Gasteiger charge is 2.41. The Kier molecular flexibility index (Phi) is 3.55. The summed E-state index contributed by atoms with van der Waals surface area (Å²) < 4.78 is 22.8. The number of aliphatic hydroxyl groups is 1. The zero-order valence-corrected chi connectivity index (χ0v) is 9.60. The van der Waals surface area contributed by atoms with Gasteiger partial charge in [0.25, 0.3) is 0 Å². The van der Waals surface area contributed by atoms with Gasteiger partial charge in [-0.25, -0.2) is 8.42 Å². The average Bonchev–Trinajstić information content (AvgIpc) is 2.85. The van der Waals surface area contributed by atoms with Gasteiger partial charge in [-0.15, -0.1) is 0 Å². The summed E-state index contributed by atoms with van der Waals surface area (Å²) in [5.74, 6) is 0.159. The molecular weight excluding hydrogens is 202 g/mol. The van der Waals surface area contributed by atoms with Crippen LogP contribution in [-0.2, 0) is 9.84 Å². The first-order valence-electron chi connectivity index (χ1n) is 4.99. The van der Waals surface area contributed by atoms with Gasteiger partial charge >= 0.3 is 0 Å². The predicted octanol–water partition coefficient (Wildman–Crippen LogP) is -0.0759. The molecule has 0 radical (unpaired) electrons. The molecule has 0 unspecified atom stereocenters. The van der Waals surface area contributed by atoms with Crippen molar-refractivity contribution in [3.8, 4) is 0 Å². The van der Waals surface area contributed by atoms with Crippen molar-refractivity contribution in [1.29, 1.82) is 0 Å². The Morgan fingerprint density at radius 1 is 1.43 bits per heavy atom. The van der Waals surface area contributed by atoms with Gasteiger partial charge in [0, 0.05) is 12.1 Å². The second kappa shape index (κ2) is 4.16. The lowest BCUT2D eigenvalue weighted by atomic mass is 10.3. The normalized spacial score (nSPS) is 20.0. The quantitative estimate of drug-likeness (QED) is 0.658. The van der Waals surface area contributed by atoms with E-state index in [9.17, 15) is 8.42 Å². The first-order chi connectivity index (χ1) is 6.42. The Morgan fingerprint density at radius 3 is 2.36 bits per heavy atom. The van der Waals surface area contributed by atoms with E-state index in [4.69, 9.17) is 5.11 Å². The lowest BCUT2D eigenvalue weighted by Gasteiger charge is -2.14. The minimum absolute atomic E-state index is 0.106. The smallest absolute Gasteiger partial charge is 0.153 e. The molecule has 2 N–H and O–H groups in total. The van der Waals surface area contributed by atoms with Gasteiger partial charge < -0.3 is 10.4 Å². The molecule has 0 atom stereocenters. The predicted molar refractivity (Wildman–Crippen MR) is 56.0 cm³/mol. The van der Waals surface area contributed by atoms with Crippen LogP contribution in [0.4, 0.5) is 0 Å². The van der Waals surface area contributed by atoms with E-state index in [0.717, 1.165) is 12.8 Å². The van der Waals surface area contributed by atoms with Crippen LogP contribution in [0.3, 0.4) is 0 Å². The molecule has 5 heteroatoms. The standard InChI is InChI=1S/C9H19NO3S/c1-8(2)14(12,13)6-5-10-9(7-11)3-4-9/h8,10-11H,3-7H2,1-2H3. The SMILES string of the molecule is CC(C)S(=O)(=O)CCNC1(CO)CC1. The fourth-order valence-corrected chi connectivity index (χ4v) is 2.09. The van der Waals surface area contributed by atoms with E-state index in [0.29, 0.717) is 6.54 Å². The number of rotatable bonds is 6. The van der Waals surface area contributed by atoms with Crippen LogP contribution >= 0.6 is 0 Å². The molecule has 0 spiro atoms. The monoisotopic (exact) mass is 221 g/mol. The van der Waals surface area contributed by atoms with Crippen molar-refractivity contribution in [1.82, 2.24) is 5.32 Å². The van der Waals surface area contributed by atoms with Gasteiger partial charge in [-0.05, 0) is 26.7 Å². The molecule has 1 rings (SSSR count). The summed E-state index contributed by atoms with van der Waals surface area (Å²) in [6.45, 7) is 3.93. The average molecular weight is 221 g/mol. The third kappa shape index (κ3) is 2.93. The molecule has 4 nitrogen and oxygen atoms in total. The van der Waals surface area contributed by atoms with Crippen LogP contribution in [0.15, 0.2) is 0 Å². The van der Waals surface area contributed by atoms with Crippen molar-refractivity contribution >= 4 is 9.84 Å². The van der Waals surface area contributed by atoms with E-state index >= 15 is 0 Å². The van der Waals surface area contributed by atoms with Crippen molar-refractivity contribution in [2.75, 3.05) is 18.9 Å². The molecule has 1 aliphatic carbocycles. The van der Waals surface area contributed by atoms with Crippen molar-refractivity contribution < 1.29 is 13.5 Å². The Labute approximate surface area is 85.6 Å². The largest absolute Gasteiger partial charge is 0.394 e. The Bertz CT molecular complexity index is 280. The van der Waals surface area contributed by atoms with Crippen LogP contribution < -0.4 is 5.32 Å². The summed E-state index contributed by atoms with van der Waals surface area (Å²) in [7, 11) is -2.95. The Balaban J connectivity index is 2.28. The van der Waals surface area contributed by atoms with Crippen molar-refractivity contribution in [2.24, 2.45) is 0 Å². The van der Waals surface area contributed by atoms with Crippen molar-refractivity contribution in [2.45, 2.75) is 37.5 Å². The zero-order chi connectivity index (χ0) is 10.8. The first-order valence-corrected chi connectivity index (χ1v) is 6.71. The summed E-state index contributed by atoms with van der Waals surface area (Å²) in [5.41, 5.74) is -0.160. The van der Waals surface area contributed by atoms with Crippen LogP contribution in [0.2, 0.25) is 0 Å². The fraction of sp³-hybridized carbons (Fsp3) is 1.00. The lowest BCUT2D eigenvalue weighted by Crippen LogP contribution is -2.38. The maximum Gasteiger partial charge on any atom is 0.153 e. The Hall–Kier alpha value is -0.130. The van der Waals surface area contributed by atoms with E-state index in [1.54, 1.807) is 13.8 Å². The molecule has 0 aromatic rings. The molecule has 0 aromatic carbocycles. The molecule has 0 aromatic heterocycles. The third-order valence-corrected chi connectivity index (χ3v) is 4.97. The van der Waals surface area contributed by atoms with Crippen molar-refractivity contribution in [3.05, 3.63) is 0 Å². The van der Waals surface area contributed by atoms with Gasteiger partial charge in [-0.2, -0.15) is 0 Å². The maximum absolute atomic E-state index is 11.4. The van der Waals surface area contributed by atoms with Gasteiger partial charge in [0.1, 0.15) is 0 Å². The molecule has 0 aliphatic heterocycles. The van der Waals surface area contributed by atoms with Gasteiger partial charge in [0.2, 0.25) is 0 Å².